The minimum absolute atomic E-state index is 0.127. The number of aliphatic hydroxyl groups excluding tert-OH is 1. The minimum Gasteiger partial charge on any atom is -0.462 e. The smallest absolute Gasteiger partial charge is 0.462 e. The number of phosphoric ester groups is 1. The average Bonchev–Trinajstić information content (AvgIpc) is 3.14. The quantitative estimate of drug-likeness (QED) is 0.0240. The first-order chi connectivity index (χ1) is 26.3. The molecule has 0 radical (unpaired) electrons. The highest BCUT2D eigenvalue weighted by atomic mass is 31.2. The lowest BCUT2D eigenvalue weighted by Crippen LogP contribution is -2.29. The summed E-state index contributed by atoms with van der Waals surface area (Å²) in [5, 5.41) is 8.78. The average molecular weight is 783 g/mol. The van der Waals surface area contributed by atoms with Gasteiger partial charge in [-0.3, -0.25) is 14.1 Å². The second-order valence-electron chi connectivity index (χ2n) is 14.4. The van der Waals surface area contributed by atoms with Crippen LogP contribution in [0.5, 0.6) is 0 Å². The van der Waals surface area contributed by atoms with E-state index in [2.05, 4.69) is 47.9 Å². The first-order valence-electron chi connectivity index (χ1n) is 21.5. The number of carbonyl (C=O) groups excluding carboxylic acids is 2. The number of hydrogen-bond donors (Lipinski definition) is 3. The molecular formula is C44H79O9P. The summed E-state index contributed by atoms with van der Waals surface area (Å²) in [6.07, 6.45) is 47.1. The molecular weight excluding hydrogens is 703 g/mol. The van der Waals surface area contributed by atoms with E-state index in [1.54, 1.807) is 0 Å². The van der Waals surface area contributed by atoms with Crippen molar-refractivity contribution in [3.8, 4) is 0 Å². The fourth-order valence-corrected chi connectivity index (χ4v) is 6.29. The summed E-state index contributed by atoms with van der Waals surface area (Å²) in [6, 6.07) is 0. The second kappa shape index (κ2) is 40.6. The topological polar surface area (TPSA) is 140 Å². The molecule has 0 heterocycles. The first kappa shape index (κ1) is 52.0. The van der Waals surface area contributed by atoms with E-state index >= 15 is 0 Å². The van der Waals surface area contributed by atoms with E-state index in [4.69, 9.17) is 24.4 Å². The number of aliphatic hydroxyl groups is 1. The van der Waals surface area contributed by atoms with Gasteiger partial charge in [-0.05, 0) is 57.8 Å². The summed E-state index contributed by atoms with van der Waals surface area (Å²) in [5.41, 5.74) is 0. The van der Waals surface area contributed by atoms with Gasteiger partial charge in [-0.15, -0.1) is 0 Å². The third kappa shape index (κ3) is 42.7. The molecule has 0 aliphatic heterocycles. The van der Waals surface area contributed by atoms with E-state index in [0.29, 0.717) is 19.3 Å². The fourth-order valence-electron chi connectivity index (χ4n) is 5.93. The van der Waals surface area contributed by atoms with Gasteiger partial charge in [-0.2, -0.15) is 0 Å². The highest BCUT2D eigenvalue weighted by molar-refractivity contribution is 7.46. The van der Waals surface area contributed by atoms with Crippen molar-refractivity contribution < 1.29 is 43.0 Å². The molecule has 0 amide bonds. The van der Waals surface area contributed by atoms with Gasteiger partial charge in [0.2, 0.25) is 0 Å². The Hall–Kier alpha value is -2.03. The lowest BCUT2D eigenvalue weighted by Gasteiger charge is -2.18. The van der Waals surface area contributed by atoms with Crippen LogP contribution in [-0.4, -0.2) is 52.8 Å². The van der Waals surface area contributed by atoms with Crippen LogP contribution in [0.25, 0.3) is 0 Å². The normalized spacial score (nSPS) is 12.9. The second-order valence-corrected chi connectivity index (χ2v) is 15.6. The molecule has 314 valence electrons. The number of allylic oxidation sites excluding steroid dienone is 8. The molecule has 0 fully saturated rings. The largest absolute Gasteiger partial charge is 0.469 e. The number of unbranched alkanes of at least 4 members (excludes halogenated alkanes) is 21. The SMILES string of the molecule is CCCCCCCCCCCCCCCCCCCCC(=O)OC[C@H](COP(=O)(O)O)OC(=O)CCC/C=C\C/C=C\C/C=C\C/C=C\CCCCCO. The van der Waals surface area contributed by atoms with Gasteiger partial charge in [-0.25, -0.2) is 4.57 Å². The molecule has 0 saturated carbocycles. The summed E-state index contributed by atoms with van der Waals surface area (Å²) in [7, 11) is -4.78. The van der Waals surface area contributed by atoms with Gasteiger partial charge in [-0.1, -0.05) is 171 Å². The molecule has 3 N–H and O–H groups in total. The van der Waals surface area contributed by atoms with Crippen LogP contribution >= 0.6 is 7.82 Å². The third-order valence-electron chi connectivity index (χ3n) is 9.16. The van der Waals surface area contributed by atoms with Crippen LogP contribution in [0, 0.1) is 0 Å². The van der Waals surface area contributed by atoms with E-state index in [-0.39, 0.29) is 26.1 Å². The number of ether oxygens (including phenoxy) is 2. The number of rotatable bonds is 40. The highest BCUT2D eigenvalue weighted by Gasteiger charge is 2.22. The minimum atomic E-state index is -4.78. The molecule has 0 aromatic rings. The van der Waals surface area contributed by atoms with Gasteiger partial charge < -0.3 is 24.4 Å². The Morgan fingerprint density at radius 3 is 1.39 bits per heavy atom. The maximum Gasteiger partial charge on any atom is 0.469 e. The monoisotopic (exact) mass is 783 g/mol. The number of esters is 2. The van der Waals surface area contributed by atoms with E-state index in [9.17, 15) is 14.2 Å². The highest BCUT2D eigenvalue weighted by Crippen LogP contribution is 2.36. The van der Waals surface area contributed by atoms with Gasteiger partial charge in [0.25, 0.3) is 0 Å². The predicted octanol–water partition coefficient (Wildman–Crippen LogP) is 12.1. The van der Waals surface area contributed by atoms with Crippen molar-refractivity contribution in [2.45, 2.75) is 199 Å². The third-order valence-corrected chi connectivity index (χ3v) is 9.64. The molecule has 9 nitrogen and oxygen atoms in total. The van der Waals surface area contributed by atoms with Gasteiger partial charge in [0.05, 0.1) is 6.61 Å². The van der Waals surface area contributed by atoms with Crippen LogP contribution in [0.3, 0.4) is 0 Å². The van der Waals surface area contributed by atoms with Crippen LogP contribution in [0.15, 0.2) is 48.6 Å². The molecule has 0 saturated heterocycles. The summed E-state index contributed by atoms with van der Waals surface area (Å²) < 4.78 is 26.3. The first-order valence-corrected chi connectivity index (χ1v) is 23.1. The number of carbonyl (C=O) groups is 2. The van der Waals surface area contributed by atoms with Crippen molar-refractivity contribution in [2.75, 3.05) is 19.8 Å². The summed E-state index contributed by atoms with van der Waals surface area (Å²) in [6.45, 7) is 1.67. The van der Waals surface area contributed by atoms with Crippen LogP contribution in [0.4, 0.5) is 0 Å². The van der Waals surface area contributed by atoms with Crippen LogP contribution in [0.1, 0.15) is 193 Å². The van der Waals surface area contributed by atoms with Crippen molar-refractivity contribution in [3.05, 3.63) is 48.6 Å². The standard InChI is InChI=1S/C44H79O9P/c1-2-3-4-5-6-7-8-9-10-11-13-16-19-22-25-28-31-34-37-43(46)51-40-42(41-52-54(48,49)50)53-44(47)38-35-32-29-26-23-20-17-14-12-15-18-21-24-27-30-33-36-39-45/h12,15,17,20-21,24,26,29,42,45H,2-11,13-14,16,18-19,22-23,25,27-28,30-41H2,1H3,(H2,48,49,50)/b15-12-,20-17-,24-21-,29-26-/t42-/m1/s1. The summed E-state index contributed by atoms with van der Waals surface area (Å²) >= 11 is 0. The predicted molar refractivity (Wildman–Crippen MR) is 222 cm³/mol. The molecule has 10 heteroatoms. The molecule has 1 atom stereocenters. The van der Waals surface area contributed by atoms with Crippen LogP contribution < -0.4 is 0 Å². The Labute approximate surface area is 329 Å². The van der Waals surface area contributed by atoms with E-state index in [1.165, 1.54) is 96.3 Å². The molecule has 0 aromatic carbocycles. The summed E-state index contributed by atoms with van der Waals surface area (Å²) in [5.74, 6) is -0.960. The lowest BCUT2D eigenvalue weighted by atomic mass is 10.0. The van der Waals surface area contributed by atoms with Gasteiger partial charge >= 0.3 is 19.8 Å². The molecule has 0 rings (SSSR count). The molecule has 0 bridgehead atoms. The zero-order valence-corrected chi connectivity index (χ0v) is 35.0. The van der Waals surface area contributed by atoms with Crippen molar-refractivity contribution in [3.63, 3.8) is 0 Å². The maximum absolute atomic E-state index is 12.4. The Kier molecular flexibility index (Phi) is 39.1. The summed E-state index contributed by atoms with van der Waals surface area (Å²) in [4.78, 5) is 42.8. The fraction of sp³-hybridized carbons (Fsp3) is 0.773. The Balaban J connectivity index is 3.97. The molecule has 0 aliphatic rings. The van der Waals surface area contributed by atoms with Crippen molar-refractivity contribution >= 4 is 19.8 Å². The Bertz CT molecular complexity index is 1020. The number of hydrogen-bond acceptors (Lipinski definition) is 7. The van der Waals surface area contributed by atoms with Crippen LogP contribution in [0.2, 0.25) is 0 Å². The molecule has 0 aliphatic carbocycles. The zero-order chi connectivity index (χ0) is 39.6. The number of phosphoric acid groups is 1. The molecule has 0 unspecified atom stereocenters. The van der Waals surface area contributed by atoms with E-state index in [0.717, 1.165) is 57.8 Å². The Morgan fingerprint density at radius 1 is 0.519 bits per heavy atom. The maximum atomic E-state index is 12.4. The van der Waals surface area contributed by atoms with Crippen LogP contribution in [-0.2, 0) is 28.2 Å². The van der Waals surface area contributed by atoms with Gasteiger partial charge in [0.1, 0.15) is 6.61 Å². The molecule has 0 spiro atoms. The molecule has 54 heavy (non-hydrogen) atoms. The van der Waals surface area contributed by atoms with Crippen molar-refractivity contribution in [2.24, 2.45) is 0 Å². The van der Waals surface area contributed by atoms with E-state index in [1.807, 2.05) is 12.2 Å². The zero-order valence-electron chi connectivity index (χ0n) is 34.1. The van der Waals surface area contributed by atoms with Gasteiger partial charge in [0.15, 0.2) is 6.10 Å². The van der Waals surface area contributed by atoms with Gasteiger partial charge in [0, 0.05) is 19.4 Å². The molecule has 0 aromatic heterocycles. The Morgan fingerprint density at radius 2 is 0.926 bits per heavy atom. The van der Waals surface area contributed by atoms with Crippen molar-refractivity contribution in [1.29, 1.82) is 0 Å². The lowest BCUT2D eigenvalue weighted by molar-refractivity contribution is -0.161. The van der Waals surface area contributed by atoms with Crippen molar-refractivity contribution in [1.82, 2.24) is 0 Å². The van der Waals surface area contributed by atoms with E-state index < -0.39 is 32.5 Å².